The van der Waals surface area contributed by atoms with Crippen molar-refractivity contribution in [1.82, 2.24) is 4.98 Å². The van der Waals surface area contributed by atoms with Crippen LogP contribution < -0.4 is 11.1 Å². The summed E-state index contributed by atoms with van der Waals surface area (Å²) < 4.78 is 0. The Labute approximate surface area is 107 Å². The molecule has 3 N–H and O–H groups in total. The average Bonchev–Trinajstić information content (AvgIpc) is 2.32. The largest absolute Gasteiger partial charge is 0.384 e. The van der Waals surface area contributed by atoms with Crippen molar-refractivity contribution >= 4 is 16.6 Å². The summed E-state index contributed by atoms with van der Waals surface area (Å²) in [5.74, 6) is 0.729. The van der Waals surface area contributed by atoms with E-state index in [1.54, 1.807) is 0 Å². The van der Waals surface area contributed by atoms with Crippen LogP contribution in [0.3, 0.4) is 0 Å². The van der Waals surface area contributed by atoms with E-state index in [4.69, 9.17) is 5.73 Å². The fourth-order valence-electron chi connectivity index (χ4n) is 2.66. The lowest BCUT2D eigenvalue weighted by molar-refractivity contribution is 0.280. The van der Waals surface area contributed by atoms with Crippen LogP contribution in [0.1, 0.15) is 18.5 Å². The summed E-state index contributed by atoms with van der Waals surface area (Å²) in [6.07, 6.45) is 2.30. The molecular weight excluding hydrogens is 222 g/mol. The molecule has 0 aliphatic heterocycles. The molecule has 1 saturated carbocycles. The van der Waals surface area contributed by atoms with E-state index in [1.807, 2.05) is 13.0 Å². The van der Waals surface area contributed by atoms with Crippen molar-refractivity contribution in [1.29, 1.82) is 0 Å². The summed E-state index contributed by atoms with van der Waals surface area (Å²) in [5.41, 5.74) is 9.13. The van der Waals surface area contributed by atoms with Gasteiger partial charge in [0.2, 0.25) is 0 Å². The molecule has 1 aliphatic rings. The number of pyridine rings is 1. The van der Waals surface area contributed by atoms with Crippen molar-refractivity contribution < 1.29 is 0 Å². The van der Waals surface area contributed by atoms with Gasteiger partial charge >= 0.3 is 0 Å². The predicted octanol–water partition coefficient (Wildman–Crippen LogP) is 2.69. The highest BCUT2D eigenvalue weighted by Crippen LogP contribution is 2.28. The third kappa shape index (κ3) is 2.18. The second-order valence-corrected chi connectivity index (χ2v) is 5.31. The van der Waals surface area contributed by atoms with Crippen molar-refractivity contribution in [3.63, 3.8) is 0 Å². The van der Waals surface area contributed by atoms with Crippen LogP contribution in [0.15, 0.2) is 30.3 Å². The van der Waals surface area contributed by atoms with Crippen molar-refractivity contribution in [2.24, 2.45) is 11.7 Å². The quantitative estimate of drug-likeness (QED) is 0.868. The maximum Gasteiger partial charge on any atom is 0.0725 e. The molecule has 0 saturated heterocycles. The number of para-hydroxylation sites is 1. The average molecular weight is 241 g/mol. The molecule has 0 amide bonds. The van der Waals surface area contributed by atoms with E-state index in [0.29, 0.717) is 6.04 Å². The molecule has 1 aliphatic carbocycles. The molecule has 3 nitrogen and oxygen atoms in total. The van der Waals surface area contributed by atoms with Crippen LogP contribution in [0, 0.1) is 12.8 Å². The zero-order valence-electron chi connectivity index (χ0n) is 10.7. The number of anilines is 1. The Kier molecular flexibility index (Phi) is 2.92. The lowest BCUT2D eigenvalue weighted by Crippen LogP contribution is -2.39. The maximum absolute atomic E-state index is 5.81. The number of hydrogen-bond donors (Lipinski definition) is 2. The fourth-order valence-corrected chi connectivity index (χ4v) is 2.66. The van der Waals surface area contributed by atoms with Gasteiger partial charge in [-0.2, -0.15) is 0 Å². The maximum atomic E-state index is 5.81. The van der Waals surface area contributed by atoms with E-state index in [1.165, 1.54) is 11.1 Å². The summed E-state index contributed by atoms with van der Waals surface area (Å²) in [7, 11) is 0. The molecule has 0 unspecified atom stereocenters. The molecule has 18 heavy (non-hydrogen) atoms. The second kappa shape index (κ2) is 4.58. The number of benzene rings is 1. The molecule has 0 radical (unpaired) electrons. The summed E-state index contributed by atoms with van der Waals surface area (Å²) in [6.45, 7) is 3.05. The zero-order valence-corrected chi connectivity index (χ0v) is 10.7. The summed E-state index contributed by atoms with van der Waals surface area (Å²) in [5, 5.41) is 4.76. The van der Waals surface area contributed by atoms with Gasteiger partial charge in [-0.3, -0.25) is 4.98 Å². The van der Waals surface area contributed by atoms with Crippen LogP contribution in [-0.4, -0.2) is 17.6 Å². The third-order valence-corrected chi connectivity index (χ3v) is 3.70. The number of rotatable bonds is 3. The lowest BCUT2D eigenvalue weighted by atomic mass is 9.81. The normalized spacial score (nSPS) is 22.8. The Balaban J connectivity index is 1.82. The Morgan fingerprint density at radius 2 is 2.11 bits per heavy atom. The standard InChI is InChI=1S/C15H19N3/c1-10-6-15(17-9-11-7-12(16)8-11)13-4-2-3-5-14(13)18-10/h2-6,11-12H,7-9,16H2,1H3,(H,17,18). The smallest absolute Gasteiger partial charge is 0.0725 e. The molecule has 1 heterocycles. The molecule has 1 aromatic heterocycles. The minimum Gasteiger partial charge on any atom is -0.384 e. The van der Waals surface area contributed by atoms with E-state index < -0.39 is 0 Å². The van der Waals surface area contributed by atoms with Gasteiger partial charge in [-0.25, -0.2) is 0 Å². The number of nitrogens with two attached hydrogens (primary N) is 1. The first-order chi connectivity index (χ1) is 8.72. The van der Waals surface area contributed by atoms with E-state index in [0.717, 1.165) is 36.5 Å². The van der Waals surface area contributed by atoms with Gasteiger partial charge in [-0.05, 0) is 37.8 Å². The van der Waals surface area contributed by atoms with Gasteiger partial charge in [0.15, 0.2) is 0 Å². The summed E-state index contributed by atoms with van der Waals surface area (Å²) in [4.78, 5) is 4.55. The molecule has 1 aromatic carbocycles. The van der Waals surface area contributed by atoms with Gasteiger partial charge in [-0.1, -0.05) is 18.2 Å². The van der Waals surface area contributed by atoms with Crippen LogP contribution in [0.4, 0.5) is 5.69 Å². The number of hydrogen-bond acceptors (Lipinski definition) is 3. The molecule has 2 aromatic rings. The highest BCUT2D eigenvalue weighted by atomic mass is 14.9. The Bertz CT molecular complexity index is 559. The molecule has 0 bridgehead atoms. The Morgan fingerprint density at radius 3 is 2.89 bits per heavy atom. The summed E-state index contributed by atoms with van der Waals surface area (Å²) in [6, 6.07) is 10.8. The lowest BCUT2D eigenvalue weighted by Gasteiger charge is -2.32. The van der Waals surface area contributed by atoms with Crippen LogP contribution in [0.25, 0.3) is 10.9 Å². The van der Waals surface area contributed by atoms with Gasteiger partial charge in [0.1, 0.15) is 0 Å². The minimum absolute atomic E-state index is 0.424. The van der Waals surface area contributed by atoms with E-state index >= 15 is 0 Å². The first-order valence-corrected chi connectivity index (χ1v) is 6.58. The predicted molar refractivity (Wildman–Crippen MR) is 75.7 cm³/mol. The molecule has 94 valence electrons. The highest BCUT2D eigenvalue weighted by Gasteiger charge is 2.25. The zero-order chi connectivity index (χ0) is 12.5. The van der Waals surface area contributed by atoms with Gasteiger partial charge in [0, 0.05) is 29.4 Å². The van der Waals surface area contributed by atoms with Gasteiger partial charge in [0.05, 0.1) is 5.52 Å². The molecule has 3 rings (SSSR count). The fraction of sp³-hybridized carbons (Fsp3) is 0.400. The molecular formula is C15H19N3. The number of fused-ring (bicyclic) bond motifs is 1. The van der Waals surface area contributed by atoms with Crippen LogP contribution >= 0.6 is 0 Å². The van der Waals surface area contributed by atoms with E-state index in [9.17, 15) is 0 Å². The number of nitrogens with one attached hydrogen (secondary N) is 1. The first kappa shape index (κ1) is 11.5. The van der Waals surface area contributed by atoms with Gasteiger partial charge < -0.3 is 11.1 Å². The summed E-state index contributed by atoms with van der Waals surface area (Å²) >= 11 is 0. The SMILES string of the molecule is Cc1cc(NCC2CC(N)C2)c2ccccc2n1. The monoisotopic (exact) mass is 241 g/mol. The van der Waals surface area contributed by atoms with Crippen molar-refractivity contribution in [3.8, 4) is 0 Å². The molecule has 3 heteroatoms. The third-order valence-electron chi connectivity index (χ3n) is 3.70. The van der Waals surface area contributed by atoms with Crippen molar-refractivity contribution in [2.45, 2.75) is 25.8 Å². The Hall–Kier alpha value is -1.61. The topological polar surface area (TPSA) is 50.9 Å². The van der Waals surface area contributed by atoms with Crippen LogP contribution in [0.5, 0.6) is 0 Å². The molecule has 0 spiro atoms. The highest BCUT2D eigenvalue weighted by molar-refractivity contribution is 5.91. The second-order valence-electron chi connectivity index (χ2n) is 5.31. The number of aryl methyl sites for hydroxylation is 1. The molecule has 0 atom stereocenters. The van der Waals surface area contributed by atoms with Gasteiger partial charge in [0.25, 0.3) is 0 Å². The first-order valence-electron chi connectivity index (χ1n) is 6.58. The van der Waals surface area contributed by atoms with Crippen molar-refractivity contribution in [2.75, 3.05) is 11.9 Å². The van der Waals surface area contributed by atoms with Crippen LogP contribution in [0.2, 0.25) is 0 Å². The number of nitrogens with zero attached hydrogens (tertiary/aromatic N) is 1. The minimum atomic E-state index is 0.424. The van der Waals surface area contributed by atoms with Crippen LogP contribution in [-0.2, 0) is 0 Å². The van der Waals surface area contributed by atoms with E-state index in [-0.39, 0.29) is 0 Å². The van der Waals surface area contributed by atoms with Crippen molar-refractivity contribution in [3.05, 3.63) is 36.0 Å². The van der Waals surface area contributed by atoms with Gasteiger partial charge in [-0.15, -0.1) is 0 Å². The number of aromatic nitrogens is 1. The Morgan fingerprint density at radius 1 is 1.33 bits per heavy atom. The van der Waals surface area contributed by atoms with E-state index in [2.05, 4.69) is 34.6 Å². The molecule has 1 fully saturated rings.